The molecule has 0 N–H and O–H groups in total. The number of hydrogen-bond donors (Lipinski definition) is 0. The molecule has 0 heterocycles. The predicted octanol–water partition coefficient (Wildman–Crippen LogP) is 22.2. The van der Waals surface area contributed by atoms with Crippen molar-refractivity contribution in [3.05, 3.63) is 327 Å². The van der Waals surface area contributed by atoms with E-state index in [0.717, 1.165) is 83.3 Å². The number of hydrogen-bond acceptors (Lipinski definition) is 4. The molecule has 0 saturated heterocycles. The first-order chi connectivity index (χ1) is 41.4. The number of anilines is 9. The maximum absolute atomic E-state index is 2.59. The fourth-order valence-corrected chi connectivity index (χ4v) is 13.2. The highest BCUT2D eigenvalue weighted by Crippen LogP contribution is 2.59. The van der Waals surface area contributed by atoms with Crippen molar-refractivity contribution < 1.29 is 0 Å². The molecule has 85 heavy (non-hydrogen) atoms. The quantitative estimate of drug-likeness (QED) is 0.108. The van der Waals surface area contributed by atoms with Gasteiger partial charge in [0.2, 0.25) is 0 Å². The molecule has 0 bridgehead atoms. The first-order valence-electron chi connectivity index (χ1n) is 30.5. The molecule has 4 heteroatoms. The maximum Gasteiger partial charge on any atom is 0.0716 e. The van der Waals surface area contributed by atoms with Gasteiger partial charge in [0.1, 0.15) is 0 Å². The number of fused-ring (bicyclic) bond motifs is 3. The Morgan fingerprint density at radius 1 is 0.341 bits per heavy atom. The van der Waals surface area contributed by atoms with Gasteiger partial charge in [0.25, 0.3) is 0 Å². The topological polar surface area (TPSA) is 13.0 Å². The van der Waals surface area contributed by atoms with Crippen molar-refractivity contribution >= 4 is 51.2 Å². The Morgan fingerprint density at radius 3 is 1.04 bits per heavy atom. The van der Waals surface area contributed by atoms with Crippen LogP contribution in [0.4, 0.5) is 51.2 Å². The lowest BCUT2D eigenvalue weighted by atomic mass is 9.67. The molecule has 0 radical (unpaired) electrons. The van der Waals surface area contributed by atoms with Crippen LogP contribution in [0.1, 0.15) is 103 Å². The summed E-state index contributed by atoms with van der Waals surface area (Å²) < 4.78 is 0. The van der Waals surface area contributed by atoms with Crippen LogP contribution in [0, 0.1) is 40.5 Å². The zero-order chi connectivity index (χ0) is 58.3. The Morgan fingerprint density at radius 2 is 0.682 bits per heavy atom. The zero-order valence-electron chi connectivity index (χ0n) is 50.6. The van der Waals surface area contributed by atoms with Crippen molar-refractivity contribution in [1.82, 2.24) is 0 Å². The minimum absolute atomic E-state index is 0.452. The first-order valence-corrected chi connectivity index (χ1v) is 30.5. The molecule has 0 saturated carbocycles. The predicted molar refractivity (Wildman–Crippen MR) is 361 cm³/mol. The molecule has 0 aliphatic heterocycles. The van der Waals surface area contributed by atoms with E-state index in [4.69, 9.17) is 0 Å². The van der Waals surface area contributed by atoms with Gasteiger partial charge in [0, 0.05) is 68.3 Å². The molecule has 420 valence electrons. The third-order valence-corrected chi connectivity index (χ3v) is 17.9. The molecule has 0 amide bonds. The van der Waals surface area contributed by atoms with Crippen LogP contribution in [0.3, 0.4) is 0 Å². The molecule has 13 rings (SSSR count). The van der Waals surface area contributed by atoms with E-state index >= 15 is 0 Å². The Labute approximate surface area is 505 Å². The summed E-state index contributed by atoms with van der Waals surface area (Å²) in [5.41, 5.74) is 29.0. The van der Waals surface area contributed by atoms with Gasteiger partial charge in [-0.15, -0.1) is 0 Å². The number of allylic oxidation sites excluding steroid dienone is 11. The van der Waals surface area contributed by atoms with E-state index in [0.29, 0.717) is 5.92 Å². The van der Waals surface area contributed by atoms with E-state index in [1.54, 1.807) is 0 Å². The summed E-state index contributed by atoms with van der Waals surface area (Å²) in [5.74, 6) is 0.452. The number of benzene rings is 9. The average Bonchev–Trinajstić information content (AvgIpc) is 2.14. The zero-order valence-corrected chi connectivity index (χ0v) is 50.6. The molecule has 0 fully saturated rings. The Balaban J connectivity index is 1.19. The van der Waals surface area contributed by atoms with Gasteiger partial charge >= 0.3 is 0 Å². The summed E-state index contributed by atoms with van der Waals surface area (Å²) >= 11 is 0. The summed E-state index contributed by atoms with van der Waals surface area (Å²) in [6.07, 6.45) is 21.4. The number of aryl methyl sites for hydroxylation is 5. The lowest BCUT2D eigenvalue weighted by Crippen LogP contribution is -2.31. The van der Waals surface area contributed by atoms with E-state index in [1.165, 1.54) is 89.4 Å². The molecule has 4 aliphatic carbocycles. The minimum Gasteiger partial charge on any atom is -0.314 e. The van der Waals surface area contributed by atoms with E-state index < -0.39 is 5.41 Å². The van der Waals surface area contributed by atoms with Gasteiger partial charge in [-0.2, -0.15) is 0 Å². The van der Waals surface area contributed by atoms with Crippen molar-refractivity contribution in [2.24, 2.45) is 5.92 Å². The number of nitrogens with zero attached hydrogens (tertiary/aromatic N) is 4. The van der Waals surface area contributed by atoms with Gasteiger partial charge in [-0.1, -0.05) is 179 Å². The van der Waals surface area contributed by atoms with Gasteiger partial charge in [-0.25, -0.2) is 0 Å². The smallest absolute Gasteiger partial charge is 0.0716 e. The third-order valence-electron chi connectivity index (χ3n) is 17.9. The molecule has 1 unspecified atom stereocenters. The van der Waals surface area contributed by atoms with Gasteiger partial charge in [-0.3, -0.25) is 0 Å². The SMILES string of the molecule is CC1=CC=C(N(C2=CCC(C)C=C2)c2cc(N(c3ccc(C)cc3)c3ccc(C)cc3)cc(C3(c4cc(N(C5=CC=C(C)CC5)c5ccc(C)cc5)cc(N(c5ccc(C)cc5)c5ccc(C)cc5)c4)c4ccccc4-c4ccccc43)c2)CC1. The van der Waals surface area contributed by atoms with Crippen molar-refractivity contribution in [2.45, 2.75) is 92.9 Å². The summed E-state index contributed by atoms with van der Waals surface area (Å²) in [7, 11) is 0. The molecule has 0 aromatic heterocycles. The first kappa shape index (κ1) is 54.8. The van der Waals surface area contributed by atoms with Gasteiger partial charge in [0.05, 0.1) is 5.41 Å². The van der Waals surface area contributed by atoms with E-state index in [9.17, 15) is 0 Å². The monoisotopic (exact) mass is 1100 g/mol. The maximum atomic E-state index is 2.59. The summed E-state index contributed by atoms with van der Waals surface area (Å²) in [6, 6.07) is 79.0. The number of rotatable bonds is 14. The highest BCUT2D eigenvalue weighted by Gasteiger charge is 2.47. The fourth-order valence-electron chi connectivity index (χ4n) is 13.2. The second-order valence-electron chi connectivity index (χ2n) is 24.4. The van der Waals surface area contributed by atoms with Crippen LogP contribution in [0.25, 0.3) is 11.1 Å². The molecule has 4 nitrogen and oxygen atoms in total. The van der Waals surface area contributed by atoms with E-state index in [1.807, 2.05) is 0 Å². The molecule has 0 spiro atoms. The van der Waals surface area contributed by atoms with Crippen LogP contribution >= 0.6 is 0 Å². The largest absolute Gasteiger partial charge is 0.314 e. The van der Waals surface area contributed by atoms with Gasteiger partial charge < -0.3 is 19.6 Å². The molecule has 9 aromatic carbocycles. The van der Waals surface area contributed by atoms with Crippen molar-refractivity contribution in [3.8, 4) is 11.1 Å². The summed E-state index contributed by atoms with van der Waals surface area (Å²) in [6.45, 7) is 17.7. The fraction of sp³-hybridized carbons (Fsp3) is 0.185. The second-order valence-corrected chi connectivity index (χ2v) is 24.4. The Hall–Kier alpha value is -9.38. The normalized spacial score (nSPS) is 15.8. The molecule has 4 aliphatic rings. The highest BCUT2D eigenvalue weighted by molar-refractivity contribution is 5.91. The standard InChI is InChI=1S/C81H76N4/c1-55-17-33-65(34-18-55)82(66-35-19-56(2)20-36-66)73-49-63(50-74(53-73)83(67-37-21-57(3)22-38-67)68-39-23-58(4)24-40-68)81(79-15-11-9-13-77(79)78-14-10-12-16-80(78)81)64-51-75(84(69-41-25-59(5)26-42-69)70-43-27-60(6)28-44-70)54-76(52-64)85(71-45-29-61(7)30-46-71)72-47-31-62(8)32-48-72/h9-23,25-29,31,33-39,41-47,49-54,61H,24,30,32,40,48H2,1-8H3. The third kappa shape index (κ3) is 10.6. The Bertz CT molecular complexity index is 4030. The average molecular weight is 1110 g/mol. The van der Waals surface area contributed by atoms with Crippen LogP contribution in [-0.4, -0.2) is 0 Å². The van der Waals surface area contributed by atoms with E-state index in [-0.39, 0.29) is 0 Å². The van der Waals surface area contributed by atoms with Gasteiger partial charge in [-0.05, 0) is 235 Å². The Kier molecular flexibility index (Phi) is 14.8. The second kappa shape index (κ2) is 23.0. The van der Waals surface area contributed by atoms with Crippen molar-refractivity contribution in [2.75, 3.05) is 19.6 Å². The van der Waals surface area contributed by atoms with Crippen LogP contribution in [0.2, 0.25) is 0 Å². The van der Waals surface area contributed by atoms with Crippen molar-refractivity contribution in [3.63, 3.8) is 0 Å². The summed E-state index contributed by atoms with van der Waals surface area (Å²) in [5, 5.41) is 0. The lowest BCUT2D eigenvalue weighted by molar-refractivity contribution is 0.724. The van der Waals surface area contributed by atoms with Crippen molar-refractivity contribution in [1.29, 1.82) is 0 Å². The van der Waals surface area contributed by atoms with Crippen LogP contribution in [-0.2, 0) is 5.41 Å². The molecular weight excluding hydrogens is 1030 g/mol. The summed E-state index contributed by atoms with van der Waals surface area (Å²) in [4.78, 5) is 10.1. The molecule has 9 aromatic rings. The van der Waals surface area contributed by atoms with Crippen LogP contribution in [0.15, 0.2) is 277 Å². The van der Waals surface area contributed by atoms with E-state index in [2.05, 4.69) is 324 Å². The van der Waals surface area contributed by atoms with Crippen LogP contribution < -0.4 is 19.6 Å². The minimum atomic E-state index is -0.869. The lowest BCUT2D eigenvalue weighted by Gasteiger charge is -2.39. The molecular formula is C81H76N4. The highest BCUT2D eigenvalue weighted by atomic mass is 15.2. The molecule has 1 atom stereocenters. The van der Waals surface area contributed by atoms with Gasteiger partial charge in [0.15, 0.2) is 0 Å². The van der Waals surface area contributed by atoms with Crippen LogP contribution in [0.5, 0.6) is 0 Å².